The first-order chi connectivity index (χ1) is 8.15. The van der Waals surface area contributed by atoms with Crippen molar-refractivity contribution in [1.29, 1.82) is 0 Å². The van der Waals surface area contributed by atoms with E-state index in [9.17, 15) is 4.79 Å². The number of anilines is 1. The largest absolute Gasteiger partial charge is 0.375 e. The molecule has 0 radical (unpaired) electrons. The van der Waals surface area contributed by atoms with E-state index in [0.717, 1.165) is 24.4 Å². The molecular weight excluding hydrogens is 236 g/mol. The molecule has 1 aliphatic rings. The first-order valence-electron chi connectivity index (χ1n) is 5.87. The molecule has 0 aromatic carbocycles. The smallest absolute Gasteiger partial charge is 0.218 e. The number of hydrogen-bond acceptors (Lipinski definition) is 5. The van der Waals surface area contributed by atoms with E-state index in [1.165, 1.54) is 24.2 Å². The summed E-state index contributed by atoms with van der Waals surface area (Å²) in [5, 5.41) is 0.600. The van der Waals surface area contributed by atoms with Crippen LogP contribution in [0.4, 0.5) is 5.13 Å². The summed E-state index contributed by atoms with van der Waals surface area (Å²) in [6.45, 7) is 1.85. The number of likely N-dealkylation sites (tertiary alicyclic amines) is 1. The lowest BCUT2D eigenvalue weighted by Gasteiger charge is -2.34. The predicted molar refractivity (Wildman–Crippen MR) is 68.4 cm³/mol. The highest BCUT2D eigenvalue weighted by Gasteiger charge is 2.24. The topological polar surface area (TPSA) is 85.2 Å². The third-order valence-electron chi connectivity index (χ3n) is 3.12. The molecule has 1 saturated heterocycles. The van der Waals surface area contributed by atoms with Gasteiger partial charge in [0.1, 0.15) is 0 Å². The van der Waals surface area contributed by atoms with E-state index in [1.807, 2.05) is 6.20 Å². The quantitative estimate of drug-likeness (QED) is 0.838. The van der Waals surface area contributed by atoms with Crippen LogP contribution in [-0.2, 0) is 11.3 Å². The van der Waals surface area contributed by atoms with Crippen LogP contribution < -0.4 is 11.5 Å². The third kappa shape index (κ3) is 3.41. The summed E-state index contributed by atoms with van der Waals surface area (Å²) < 4.78 is 0. The molecule has 94 valence electrons. The minimum absolute atomic E-state index is 0.217. The Kier molecular flexibility index (Phi) is 3.96. The van der Waals surface area contributed by atoms with Gasteiger partial charge in [0.25, 0.3) is 0 Å². The Morgan fingerprint density at radius 2 is 2.41 bits per heavy atom. The van der Waals surface area contributed by atoms with Crippen molar-refractivity contribution >= 4 is 22.4 Å². The van der Waals surface area contributed by atoms with Gasteiger partial charge >= 0.3 is 0 Å². The van der Waals surface area contributed by atoms with Crippen molar-refractivity contribution in [2.75, 3.05) is 12.3 Å². The number of thiazole rings is 1. The number of amides is 1. The zero-order valence-electron chi connectivity index (χ0n) is 9.76. The molecule has 5 nitrogen and oxygen atoms in total. The summed E-state index contributed by atoms with van der Waals surface area (Å²) >= 11 is 1.51. The first-order valence-corrected chi connectivity index (χ1v) is 6.69. The maximum absolute atomic E-state index is 11.0. The third-order valence-corrected chi connectivity index (χ3v) is 3.93. The van der Waals surface area contributed by atoms with Crippen LogP contribution in [0, 0.1) is 0 Å². The van der Waals surface area contributed by atoms with Gasteiger partial charge in [-0.25, -0.2) is 4.98 Å². The summed E-state index contributed by atoms with van der Waals surface area (Å²) in [5.41, 5.74) is 10.9. The molecule has 0 aliphatic carbocycles. The van der Waals surface area contributed by atoms with Crippen molar-refractivity contribution < 1.29 is 4.79 Å². The van der Waals surface area contributed by atoms with Gasteiger partial charge in [-0.15, -0.1) is 11.3 Å². The molecule has 1 fully saturated rings. The maximum atomic E-state index is 11.0. The first kappa shape index (κ1) is 12.3. The van der Waals surface area contributed by atoms with Crippen molar-refractivity contribution in [3.8, 4) is 0 Å². The number of primary amides is 1. The van der Waals surface area contributed by atoms with Crippen molar-refractivity contribution in [2.24, 2.45) is 5.73 Å². The number of rotatable bonds is 4. The molecule has 1 aromatic heterocycles. The van der Waals surface area contributed by atoms with Crippen LogP contribution >= 0.6 is 11.3 Å². The zero-order chi connectivity index (χ0) is 12.3. The Morgan fingerprint density at radius 1 is 1.59 bits per heavy atom. The lowest BCUT2D eigenvalue weighted by Crippen LogP contribution is -2.41. The molecule has 6 heteroatoms. The fourth-order valence-corrected chi connectivity index (χ4v) is 3.04. The van der Waals surface area contributed by atoms with Crippen LogP contribution in [0.25, 0.3) is 0 Å². The van der Waals surface area contributed by atoms with E-state index in [4.69, 9.17) is 11.5 Å². The van der Waals surface area contributed by atoms with Crippen molar-refractivity contribution in [3.05, 3.63) is 11.1 Å². The summed E-state index contributed by atoms with van der Waals surface area (Å²) in [6.07, 6.45) is 5.68. The summed E-state index contributed by atoms with van der Waals surface area (Å²) in [6, 6.07) is 0.282. The monoisotopic (exact) mass is 254 g/mol. The molecule has 1 aromatic rings. The second-order valence-electron chi connectivity index (χ2n) is 4.46. The van der Waals surface area contributed by atoms with Crippen molar-refractivity contribution in [1.82, 2.24) is 9.88 Å². The summed E-state index contributed by atoms with van der Waals surface area (Å²) in [4.78, 5) is 18.6. The number of nitrogens with zero attached hydrogens (tertiary/aromatic N) is 2. The van der Waals surface area contributed by atoms with E-state index in [1.54, 1.807) is 0 Å². The van der Waals surface area contributed by atoms with E-state index >= 15 is 0 Å². The van der Waals surface area contributed by atoms with E-state index in [0.29, 0.717) is 11.6 Å². The molecule has 1 unspecified atom stereocenters. The van der Waals surface area contributed by atoms with Crippen LogP contribution in [-0.4, -0.2) is 28.4 Å². The van der Waals surface area contributed by atoms with Gasteiger partial charge < -0.3 is 11.5 Å². The van der Waals surface area contributed by atoms with E-state index < -0.39 is 0 Å². The molecule has 2 rings (SSSR count). The number of piperidine rings is 1. The van der Waals surface area contributed by atoms with E-state index in [2.05, 4.69) is 9.88 Å². The normalized spacial score (nSPS) is 21.5. The SMILES string of the molecule is NC(=O)CC1CCCCN1Cc1cnc(N)s1. The minimum Gasteiger partial charge on any atom is -0.375 e. The number of nitrogen functional groups attached to an aromatic ring is 1. The molecule has 0 saturated carbocycles. The Morgan fingerprint density at radius 3 is 3.06 bits per heavy atom. The number of hydrogen-bond donors (Lipinski definition) is 2. The molecule has 1 amide bonds. The highest BCUT2D eigenvalue weighted by atomic mass is 32.1. The molecular formula is C11H18N4OS. The van der Waals surface area contributed by atoms with Gasteiger partial charge in [-0.2, -0.15) is 0 Å². The van der Waals surface area contributed by atoms with E-state index in [-0.39, 0.29) is 11.9 Å². The van der Waals surface area contributed by atoms with Crippen LogP contribution in [0.15, 0.2) is 6.20 Å². The average Bonchev–Trinajstić information content (AvgIpc) is 2.66. The predicted octanol–water partition coefficient (Wildman–Crippen LogP) is 0.955. The summed E-state index contributed by atoms with van der Waals surface area (Å²) in [5.74, 6) is -0.217. The fourth-order valence-electron chi connectivity index (χ4n) is 2.33. The highest BCUT2D eigenvalue weighted by Crippen LogP contribution is 2.24. The molecule has 2 heterocycles. The molecule has 17 heavy (non-hydrogen) atoms. The number of nitrogens with two attached hydrogens (primary N) is 2. The van der Waals surface area contributed by atoms with Crippen molar-refractivity contribution in [2.45, 2.75) is 38.3 Å². The maximum Gasteiger partial charge on any atom is 0.218 e. The Labute approximate surface area is 105 Å². The molecule has 1 atom stereocenters. The zero-order valence-corrected chi connectivity index (χ0v) is 10.6. The van der Waals surface area contributed by atoms with Gasteiger partial charge in [0.15, 0.2) is 5.13 Å². The van der Waals surface area contributed by atoms with Gasteiger partial charge in [-0.3, -0.25) is 9.69 Å². The Bertz CT molecular complexity index is 393. The molecule has 0 spiro atoms. The van der Waals surface area contributed by atoms with Crippen LogP contribution in [0.1, 0.15) is 30.6 Å². The molecule has 0 bridgehead atoms. The lowest BCUT2D eigenvalue weighted by molar-refractivity contribution is -0.119. The summed E-state index contributed by atoms with van der Waals surface area (Å²) in [7, 11) is 0. The lowest BCUT2D eigenvalue weighted by atomic mass is 9.99. The van der Waals surface area contributed by atoms with Gasteiger partial charge in [0.05, 0.1) is 0 Å². The van der Waals surface area contributed by atoms with Gasteiger partial charge in [-0.1, -0.05) is 6.42 Å². The second kappa shape index (κ2) is 5.46. The molecule has 1 aliphatic heterocycles. The fraction of sp³-hybridized carbons (Fsp3) is 0.636. The van der Waals surface area contributed by atoms with Crippen LogP contribution in [0.3, 0.4) is 0 Å². The standard InChI is InChI=1S/C11H18N4OS/c12-10(16)5-8-3-1-2-4-15(8)7-9-6-14-11(13)17-9/h6,8H,1-5,7H2,(H2,12,16)(H2,13,14). The molecule has 4 N–H and O–H groups in total. The number of carbonyl (C=O) groups excluding carboxylic acids is 1. The van der Waals surface area contributed by atoms with Gasteiger partial charge in [0.2, 0.25) is 5.91 Å². The minimum atomic E-state index is -0.217. The second-order valence-corrected chi connectivity index (χ2v) is 5.60. The highest BCUT2D eigenvalue weighted by molar-refractivity contribution is 7.15. The van der Waals surface area contributed by atoms with Crippen LogP contribution in [0.5, 0.6) is 0 Å². The van der Waals surface area contributed by atoms with Gasteiger partial charge in [0, 0.05) is 30.1 Å². The number of carbonyl (C=O) groups is 1. The van der Waals surface area contributed by atoms with Crippen molar-refractivity contribution in [3.63, 3.8) is 0 Å². The average molecular weight is 254 g/mol. The number of aromatic nitrogens is 1. The van der Waals surface area contributed by atoms with Crippen LogP contribution in [0.2, 0.25) is 0 Å². The van der Waals surface area contributed by atoms with Gasteiger partial charge in [-0.05, 0) is 19.4 Å². The Hall–Kier alpha value is -1.14. The Balaban J connectivity index is 1.98.